The van der Waals surface area contributed by atoms with Gasteiger partial charge in [0.05, 0.1) is 6.54 Å². The molecule has 1 fully saturated rings. The lowest BCUT2D eigenvalue weighted by Gasteiger charge is -2.35. The van der Waals surface area contributed by atoms with E-state index in [2.05, 4.69) is 36.3 Å². The summed E-state index contributed by atoms with van der Waals surface area (Å²) in [7, 11) is 1.74. The Hall–Kier alpha value is -0.0800. The molecule has 0 aliphatic carbocycles. The Balaban J connectivity index is 0.00000441. The van der Waals surface area contributed by atoms with E-state index in [1.54, 1.807) is 7.11 Å². The summed E-state index contributed by atoms with van der Waals surface area (Å²) in [5.41, 5.74) is 0. The van der Waals surface area contributed by atoms with Gasteiger partial charge in [-0.3, -0.25) is 9.89 Å². The molecule has 132 valence electrons. The van der Waals surface area contributed by atoms with E-state index >= 15 is 0 Å². The molecule has 1 heterocycles. The zero-order chi connectivity index (χ0) is 15.5. The number of methoxy groups -OCH3 is 1. The van der Waals surface area contributed by atoms with Crippen molar-refractivity contribution in [3.8, 4) is 0 Å². The fourth-order valence-electron chi connectivity index (χ4n) is 2.73. The van der Waals surface area contributed by atoms with Crippen LogP contribution in [0, 0.1) is 5.92 Å². The maximum Gasteiger partial charge on any atom is 0.191 e. The third kappa shape index (κ3) is 9.15. The first kappa shape index (κ1) is 21.9. The summed E-state index contributed by atoms with van der Waals surface area (Å²) >= 11 is 0. The Bertz CT molecular complexity index is 302. The van der Waals surface area contributed by atoms with Crippen molar-refractivity contribution < 1.29 is 4.74 Å². The van der Waals surface area contributed by atoms with Crippen LogP contribution in [0.5, 0.6) is 0 Å². The molecule has 0 aromatic carbocycles. The van der Waals surface area contributed by atoms with Gasteiger partial charge in [-0.2, -0.15) is 0 Å². The first-order valence-electron chi connectivity index (χ1n) is 8.42. The number of hydrogen-bond donors (Lipinski definition) is 2. The molecule has 0 aromatic rings. The van der Waals surface area contributed by atoms with Gasteiger partial charge >= 0.3 is 0 Å². The second-order valence-corrected chi connectivity index (χ2v) is 6.08. The number of nitrogens with zero attached hydrogens (tertiary/aromatic N) is 2. The molecule has 2 N–H and O–H groups in total. The van der Waals surface area contributed by atoms with Crippen molar-refractivity contribution in [2.24, 2.45) is 10.9 Å². The number of halogens is 1. The van der Waals surface area contributed by atoms with Gasteiger partial charge in [-0.25, -0.2) is 0 Å². The van der Waals surface area contributed by atoms with E-state index < -0.39 is 0 Å². The van der Waals surface area contributed by atoms with E-state index in [9.17, 15) is 0 Å². The molecule has 1 aliphatic rings. The van der Waals surface area contributed by atoms with E-state index in [0.29, 0.717) is 6.04 Å². The van der Waals surface area contributed by atoms with E-state index in [0.717, 1.165) is 44.5 Å². The molecular formula is C16H35IN4O. The maximum absolute atomic E-state index is 5.06. The Morgan fingerprint density at radius 2 is 2.18 bits per heavy atom. The summed E-state index contributed by atoms with van der Waals surface area (Å²) in [6.45, 7) is 12.6. The normalized spacial score (nSPS) is 21.1. The van der Waals surface area contributed by atoms with E-state index in [4.69, 9.17) is 9.73 Å². The van der Waals surface area contributed by atoms with Gasteiger partial charge in [-0.1, -0.05) is 6.92 Å². The van der Waals surface area contributed by atoms with Gasteiger partial charge in [-0.15, -0.1) is 24.0 Å². The minimum atomic E-state index is 0. The molecule has 2 unspecified atom stereocenters. The number of rotatable bonds is 8. The largest absolute Gasteiger partial charge is 0.385 e. The molecule has 1 saturated heterocycles. The maximum atomic E-state index is 5.06. The van der Waals surface area contributed by atoms with Crippen LogP contribution in [0.4, 0.5) is 0 Å². The predicted octanol–water partition coefficient (Wildman–Crippen LogP) is 2.32. The fraction of sp³-hybridized carbons (Fsp3) is 0.938. The van der Waals surface area contributed by atoms with Crippen LogP contribution < -0.4 is 10.6 Å². The third-order valence-corrected chi connectivity index (χ3v) is 3.99. The number of ether oxygens (including phenoxy) is 1. The standard InChI is InChI=1S/C16H34N4O.HI/c1-5-17-16(18-9-7-11-21-4)19-12-15(3)20-10-6-8-14(2)13-20;/h14-15H,5-13H2,1-4H3,(H2,17,18,19);1H. The van der Waals surface area contributed by atoms with E-state index in [1.807, 2.05) is 0 Å². The summed E-state index contributed by atoms with van der Waals surface area (Å²) in [6, 6.07) is 0.516. The molecule has 0 aromatic heterocycles. The fourth-order valence-corrected chi connectivity index (χ4v) is 2.73. The lowest BCUT2D eigenvalue weighted by molar-refractivity contribution is 0.142. The number of piperidine rings is 1. The first-order valence-corrected chi connectivity index (χ1v) is 8.42. The monoisotopic (exact) mass is 426 g/mol. The van der Waals surface area contributed by atoms with Crippen LogP contribution in [0.2, 0.25) is 0 Å². The summed E-state index contributed by atoms with van der Waals surface area (Å²) in [5, 5.41) is 6.67. The van der Waals surface area contributed by atoms with Crippen molar-refractivity contribution in [3.63, 3.8) is 0 Å². The van der Waals surface area contributed by atoms with Crippen molar-refractivity contribution in [2.45, 2.75) is 46.1 Å². The second-order valence-electron chi connectivity index (χ2n) is 6.08. The van der Waals surface area contributed by atoms with Crippen LogP contribution in [0.15, 0.2) is 4.99 Å². The third-order valence-electron chi connectivity index (χ3n) is 3.99. The van der Waals surface area contributed by atoms with Gasteiger partial charge in [-0.05, 0) is 45.6 Å². The zero-order valence-corrected chi connectivity index (χ0v) is 17.1. The molecule has 0 spiro atoms. The second kappa shape index (κ2) is 13.4. The minimum absolute atomic E-state index is 0. The van der Waals surface area contributed by atoms with E-state index in [1.165, 1.54) is 25.9 Å². The molecule has 0 saturated carbocycles. The zero-order valence-electron chi connectivity index (χ0n) is 14.7. The molecule has 0 radical (unpaired) electrons. The van der Waals surface area contributed by atoms with Gasteiger partial charge in [0.1, 0.15) is 0 Å². The van der Waals surface area contributed by atoms with Crippen molar-refractivity contribution in [1.82, 2.24) is 15.5 Å². The predicted molar refractivity (Wildman–Crippen MR) is 105 cm³/mol. The lowest BCUT2D eigenvalue weighted by atomic mass is 9.99. The molecule has 22 heavy (non-hydrogen) atoms. The number of aliphatic imine (C=N–C) groups is 1. The van der Waals surface area contributed by atoms with E-state index in [-0.39, 0.29) is 24.0 Å². The molecular weight excluding hydrogens is 391 g/mol. The Morgan fingerprint density at radius 3 is 2.82 bits per heavy atom. The first-order chi connectivity index (χ1) is 10.2. The van der Waals surface area contributed by atoms with Crippen LogP contribution in [-0.2, 0) is 4.74 Å². The van der Waals surface area contributed by atoms with Gasteiger partial charge in [0.2, 0.25) is 0 Å². The van der Waals surface area contributed by atoms with Crippen LogP contribution in [0.3, 0.4) is 0 Å². The Kier molecular flexibility index (Phi) is 13.3. The lowest BCUT2D eigenvalue weighted by Crippen LogP contribution is -2.43. The number of nitrogens with one attached hydrogen (secondary N) is 2. The molecule has 1 aliphatic heterocycles. The highest BCUT2D eigenvalue weighted by Crippen LogP contribution is 2.17. The molecule has 0 bridgehead atoms. The van der Waals surface area contributed by atoms with Crippen LogP contribution in [0.1, 0.15) is 40.0 Å². The van der Waals surface area contributed by atoms with Gasteiger partial charge in [0, 0.05) is 39.4 Å². The quantitative estimate of drug-likeness (QED) is 0.271. The number of likely N-dealkylation sites (tertiary alicyclic amines) is 1. The van der Waals surface area contributed by atoms with Crippen molar-refractivity contribution >= 4 is 29.9 Å². The Labute approximate surface area is 153 Å². The van der Waals surface area contributed by atoms with Gasteiger partial charge in [0.25, 0.3) is 0 Å². The molecule has 0 amide bonds. The summed E-state index contributed by atoms with van der Waals surface area (Å²) in [5.74, 6) is 1.75. The summed E-state index contributed by atoms with van der Waals surface area (Å²) in [4.78, 5) is 7.30. The highest BCUT2D eigenvalue weighted by atomic mass is 127. The Morgan fingerprint density at radius 1 is 1.41 bits per heavy atom. The molecule has 6 heteroatoms. The molecule has 2 atom stereocenters. The minimum Gasteiger partial charge on any atom is -0.385 e. The molecule has 5 nitrogen and oxygen atoms in total. The highest BCUT2D eigenvalue weighted by Gasteiger charge is 2.20. The summed E-state index contributed by atoms with van der Waals surface area (Å²) in [6.07, 6.45) is 3.70. The average molecular weight is 426 g/mol. The smallest absolute Gasteiger partial charge is 0.191 e. The van der Waals surface area contributed by atoms with Crippen LogP contribution in [-0.4, -0.2) is 63.3 Å². The number of hydrogen-bond acceptors (Lipinski definition) is 3. The van der Waals surface area contributed by atoms with Crippen molar-refractivity contribution in [3.05, 3.63) is 0 Å². The molecule has 1 rings (SSSR count). The average Bonchev–Trinajstić information content (AvgIpc) is 2.48. The van der Waals surface area contributed by atoms with Crippen molar-refractivity contribution in [2.75, 3.05) is 46.4 Å². The summed E-state index contributed by atoms with van der Waals surface area (Å²) < 4.78 is 5.06. The SMILES string of the molecule is CCNC(=NCC(C)N1CCCC(C)C1)NCCCOC.I. The van der Waals surface area contributed by atoms with Crippen LogP contribution >= 0.6 is 24.0 Å². The van der Waals surface area contributed by atoms with Crippen molar-refractivity contribution in [1.29, 1.82) is 0 Å². The van der Waals surface area contributed by atoms with Gasteiger partial charge in [0.15, 0.2) is 5.96 Å². The number of guanidine groups is 1. The topological polar surface area (TPSA) is 48.9 Å². The van der Waals surface area contributed by atoms with Crippen LogP contribution in [0.25, 0.3) is 0 Å². The van der Waals surface area contributed by atoms with Gasteiger partial charge < -0.3 is 15.4 Å². The highest BCUT2D eigenvalue weighted by molar-refractivity contribution is 14.0.